The SMILES string of the molecule is CC(C)(C)c1cc(-c2ccc(-c3cccc4ccccc34)cc2)c2nc(-c3ccccc3N=Cc3cccc4ccccc34)oc2c1. The van der Waals surface area contributed by atoms with E-state index < -0.39 is 0 Å². The summed E-state index contributed by atoms with van der Waals surface area (Å²) in [6.07, 6.45) is 1.93. The van der Waals surface area contributed by atoms with E-state index in [0.717, 1.165) is 39.0 Å². The molecule has 0 radical (unpaired) electrons. The number of fused-ring (bicyclic) bond motifs is 3. The zero-order valence-corrected chi connectivity index (χ0v) is 26.7. The van der Waals surface area contributed by atoms with Gasteiger partial charge in [0, 0.05) is 17.3 Å². The van der Waals surface area contributed by atoms with E-state index in [4.69, 9.17) is 14.4 Å². The molecule has 226 valence electrons. The van der Waals surface area contributed by atoms with E-state index >= 15 is 0 Å². The van der Waals surface area contributed by atoms with Crippen molar-refractivity contribution in [2.45, 2.75) is 26.2 Å². The molecule has 0 aliphatic heterocycles. The van der Waals surface area contributed by atoms with Crippen LogP contribution in [0, 0.1) is 0 Å². The summed E-state index contributed by atoms with van der Waals surface area (Å²) in [6, 6.07) is 51.0. The number of rotatable bonds is 5. The topological polar surface area (TPSA) is 38.4 Å². The molecular weight excluding hydrogens is 572 g/mol. The molecule has 7 aromatic carbocycles. The van der Waals surface area contributed by atoms with Gasteiger partial charge in [0.05, 0.1) is 11.3 Å². The van der Waals surface area contributed by atoms with Gasteiger partial charge in [0.1, 0.15) is 5.52 Å². The molecule has 1 heterocycles. The first-order chi connectivity index (χ1) is 22.9. The number of nitrogens with zero attached hydrogens (tertiary/aromatic N) is 2. The van der Waals surface area contributed by atoms with Gasteiger partial charge in [-0.25, -0.2) is 4.98 Å². The van der Waals surface area contributed by atoms with Crippen molar-refractivity contribution in [3.05, 3.63) is 157 Å². The van der Waals surface area contributed by atoms with Crippen molar-refractivity contribution < 1.29 is 4.42 Å². The predicted octanol–water partition coefficient (Wildman–Crippen LogP) is 12.2. The number of para-hydroxylation sites is 1. The van der Waals surface area contributed by atoms with E-state index in [-0.39, 0.29) is 5.41 Å². The molecule has 0 spiro atoms. The van der Waals surface area contributed by atoms with Crippen LogP contribution >= 0.6 is 0 Å². The largest absolute Gasteiger partial charge is 0.436 e. The van der Waals surface area contributed by atoms with Crippen molar-refractivity contribution in [1.82, 2.24) is 4.98 Å². The lowest BCUT2D eigenvalue weighted by molar-refractivity contribution is 0.584. The van der Waals surface area contributed by atoms with Gasteiger partial charge in [-0.15, -0.1) is 0 Å². The van der Waals surface area contributed by atoms with E-state index in [1.807, 2.05) is 30.5 Å². The van der Waals surface area contributed by atoms with Gasteiger partial charge in [0.25, 0.3) is 0 Å². The number of hydrogen-bond acceptors (Lipinski definition) is 3. The first-order valence-corrected chi connectivity index (χ1v) is 16.1. The maximum atomic E-state index is 6.57. The van der Waals surface area contributed by atoms with Crippen LogP contribution < -0.4 is 0 Å². The Kier molecular flexibility index (Phi) is 7.03. The summed E-state index contributed by atoms with van der Waals surface area (Å²) in [5.41, 5.74) is 10.1. The summed E-state index contributed by atoms with van der Waals surface area (Å²) < 4.78 is 6.57. The number of aromatic nitrogens is 1. The van der Waals surface area contributed by atoms with Crippen LogP contribution in [0.2, 0.25) is 0 Å². The van der Waals surface area contributed by atoms with E-state index in [0.29, 0.717) is 5.89 Å². The molecule has 0 atom stereocenters. The molecule has 0 saturated carbocycles. The smallest absolute Gasteiger partial charge is 0.229 e. The summed E-state index contributed by atoms with van der Waals surface area (Å²) in [6.45, 7) is 6.70. The number of oxazole rings is 1. The fourth-order valence-corrected chi connectivity index (χ4v) is 6.37. The van der Waals surface area contributed by atoms with E-state index in [2.05, 4.69) is 142 Å². The molecule has 3 nitrogen and oxygen atoms in total. The highest BCUT2D eigenvalue weighted by atomic mass is 16.3. The van der Waals surface area contributed by atoms with E-state index in [1.165, 1.54) is 38.2 Å². The van der Waals surface area contributed by atoms with Gasteiger partial charge in [-0.2, -0.15) is 0 Å². The Balaban J connectivity index is 1.22. The molecule has 0 amide bonds. The molecule has 0 aliphatic carbocycles. The minimum absolute atomic E-state index is 0.0700. The minimum atomic E-state index is -0.0700. The zero-order chi connectivity index (χ0) is 32.0. The van der Waals surface area contributed by atoms with Crippen molar-refractivity contribution in [2.24, 2.45) is 4.99 Å². The molecule has 3 heteroatoms. The van der Waals surface area contributed by atoms with E-state index in [9.17, 15) is 0 Å². The third kappa shape index (κ3) is 5.40. The summed E-state index contributed by atoms with van der Waals surface area (Å²) in [5.74, 6) is 0.561. The van der Waals surface area contributed by atoms with Crippen molar-refractivity contribution >= 4 is 44.5 Å². The summed E-state index contributed by atoms with van der Waals surface area (Å²) in [4.78, 5) is 10.1. The molecule has 1 aromatic heterocycles. The monoisotopic (exact) mass is 606 g/mol. The molecule has 0 N–H and O–H groups in total. The van der Waals surface area contributed by atoms with Crippen LogP contribution in [0.5, 0.6) is 0 Å². The molecule has 8 aromatic rings. The number of aliphatic imine (C=N–C) groups is 1. The van der Waals surface area contributed by atoms with Crippen LogP contribution in [-0.4, -0.2) is 11.2 Å². The van der Waals surface area contributed by atoms with Gasteiger partial charge >= 0.3 is 0 Å². The third-order valence-corrected chi connectivity index (χ3v) is 8.96. The molecule has 47 heavy (non-hydrogen) atoms. The second-order valence-corrected chi connectivity index (χ2v) is 13.1. The lowest BCUT2D eigenvalue weighted by Gasteiger charge is -2.20. The molecule has 0 fully saturated rings. The Morgan fingerprint density at radius 2 is 1.17 bits per heavy atom. The number of benzene rings is 7. The van der Waals surface area contributed by atoms with Gasteiger partial charge in [-0.05, 0) is 73.5 Å². The molecule has 8 rings (SSSR count). The lowest BCUT2D eigenvalue weighted by Crippen LogP contribution is -2.11. The zero-order valence-electron chi connectivity index (χ0n) is 26.7. The Morgan fingerprint density at radius 1 is 0.574 bits per heavy atom. The van der Waals surface area contributed by atoms with Gasteiger partial charge in [-0.1, -0.05) is 142 Å². The normalized spacial score (nSPS) is 12.1. The second-order valence-electron chi connectivity index (χ2n) is 13.1. The van der Waals surface area contributed by atoms with Crippen LogP contribution in [0.1, 0.15) is 31.9 Å². The average molecular weight is 607 g/mol. The highest BCUT2D eigenvalue weighted by Gasteiger charge is 2.21. The molecule has 0 saturated heterocycles. The first-order valence-electron chi connectivity index (χ1n) is 16.1. The van der Waals surface area contributed by atoms with Crippen LogP contribution in [-0.2, 0) is 5.41 Å². The molecular formula is C44H34N2O. The summed E-state index contributed by atoms with van der Waals surface area (Å²) in [7, 11) is 0. The third-order valence-electron chi connectivity index (χ3n) is 8.96. The quantitative estimate of drug-likeness (QED) is 0.183. The Hall–Kier alpha value is -5.80. The highest BCUT2D eigenvalue weighted by Crippen LogP contribution is 2.39. The van der Waals surface area contributed by atoms with Crippen molar-refractivity contribution in [2.75, 3.05) is 0 Å². The molecule has 0 unspecified atom stereocenters. The van der Waals surface area contributed by atoms with Crippen molar-refractivity contribution in [3.8, 4) is 33.7 Å². The minimum Gasteiger partial charge on any atom is -0.436 e. The van der Waals surface area contributed by atoms with Gasteiger partial charge in [0.2, 0.25) is 5.89 Å². The predicted molar refractivity (Wildman–Crippen MR) is 198 cm³/mol. The Labute approximate surface area is 274 Å². The second kappa shape index (κ2) is 11.5. The Bertz CT molecular complexity index is 2430. The summed E-state index contributed by atoms with van der Waals surface area (Å²) in [5, 5.41) is 4.85. The van der Waals surface area contributed by atoms with Crippen LogP contribution in [0.3, 0.4) is 0 Å². The van der Waals surface area contributed by atoms with Gasteiger partial charge in [-0.3, -0.25) is 4.99 Å². The lowest BCUT2D eigenvalue weighted by atomic mass is 9.85. The van der Waals surface area contributed by atoms with E-state index in [1.54, 1.807) is 0 Å². The fraction of sp³-hybridized carbons (Fsp3) is 0.0909. The number of hydrogen-bond donors (Lipinski definition) is 0. The summed E-state index contributed by atoms with van der Waals surface area (Å²) >= 11 is 0. The first kappa shape index (κ1) is 28.7. The van der Waals surface area contributed by atoms with Crippen molar-refractivity contribution in [3.63, 3.8) is 0 Å². The van der Waals surface area contributed by atoms with Crippen LogP contribution in [0.25, 0.3) is 66.4 Å². The Morgan fingerprint density at radius 3 is 1.94 bits per heavy atom. The maximum absolute atomic E-state index is 6.57. The van der Waals surface area contributed by atoms with Crippen LogP contribution in [0.4, 0.5) is 5.69 Å². The van der Waals surface area contributed by atoms with Gasteiger partial charge in [0.15, 0.2) is 5.58 Å². The van der Waals surface area contributed by atoms with Gasteiger partial charge < -0.3 is 4.42 Å². The molecule has 0 bridgehead atoms. The van der Waals surface area contributed by atoms with Crippen molar-refractivity contribution in [1.29, 1.82) is 0 Å². The maximum Gasteiger partial charge on any atom is 0.229 e. The molecule has 0 aliphatic rings. The average Bonchev–Trinajstić information content (AvgIpc) is 3.54. The fourth-order valence-electron chi connectivity index (χ4n) is 6.37. The standard InChI is InChI=1S/C44H34N2O/c1-44(2,3)34-26-39(32-24-22-31(23-25-32)37-20-11-15-30-13-5-7-18-36(30)37)42-41(27-34)47-43(46-42)38-19-8-9-21-40(38)45-28-33-16-10-14-29-12-4-6-17-35(29)33/h4-28H,1-3H3. The van der Waals surface area contributed by atoms with Crippen LogP contribution in [0.15, 0.2) is 155 Å². The highest BCUT2D eigenvalue weighted by molar-refractivity contribution is 6.01.